The van der Waals surface area contributed by atoms with Crippen molar-refractivity contribution in [1.29, 1.82) is 0 Å². The molecular weight excluding hydrogens is 176 g/mol. The van der Waals surface area contributed by atoms with Gasteiger partial charge in [-0.2, -0.15) is 0 Å². The summed E-state index contributed by atoms with van der Waals surface area (Å²) in [5.41, 5.74) is 5.62. The van der Waals surface area contributed by atoms with Gasteiger partial charge in [0, 0.05) is 25.6 Å². The summed E-state index contributed by atoms with van der Waals surface area (Å²) in [7, 11) is 0. The van der Waals surface area contributed by atoms with Crippen LogP contribution in [0.4, 0.5) is 0 Å². The van der Waals surface area contributed by atoms with Crippen molar-refractivity contribution < 1.29 is 4.79 Å². The van der Waals surface area contributed by atoms with Crippen molar-refractivity contribution in [2.24, 2.45) is 11.7 Å². The minimum atomic E-state index is 0.141. The molecule has 1 aliphatic heterocycles. The Kier molecular flexibility index (Phi) is 4.39. The maximum atomic E-state index is 11.7. The van der Waals surface area contributed by atoms with Crippen molar-refractivity contribution in [3.63, 3.8) is 0 Å². The summed E-state index contributed by atoms with van der Waals surface area (Å²) in [4.78, 5) is 13.7. The van der Waals surface area contributed by atoms with Crippen LogP contribution in [0.3, 0.4) is 0 Å². The van der Waals surface area contributed by atoms with Crippen molar-refractivity contribution in [1.82, 2.24) is 4.90 Å². The number of rotatable bonds is 3. The molecule has 0 aromatic carbocycles. The van der Waals surface area contributed by atoms with Gasteiger partial charge in [-0.25, -0.2) is 0 Å². The molecule has 0 spiro atoms. The van der Waals surface area contributed by atoms with Crippen LogP contribution in [-0.4, -0.2) is 29.9 Å². The number of likely N-dealkylation sites (tertiary alicyclic amines) is 1. The molecule has 2 N–H and O–H groups in total. The van der Waals surface area contributed by atoms with Crippen molar-refractivity contribution >= 4 is 5.91 Å². The van der Waals surface area contributed by atoms with Crippen molar-refractivity contribution in [3.05, 3.63) is 0 Å². The number of hydrogen-bond acceptors (Lipinski definition) is 2. The second-order valence-corrected chi connectivity index (χ2v) is 4.58. The maximum absolute atomic E-state index is 11.7. The first-order valence-electron chi connectivity index (χ1n) is 5.63. The summed E-state index contributed by atoms with van der Waals surface area (Å²) in [5, 5.41) is 0. The minimum absolute atomic E-state index is 0.141. The second kappa shape index (κ2) is 5.35. The van der Waals surface area contributed by atoms with Gasteiger partial charge in [0.1, 0.15) is 0 Å². The van der Waals surface area contributed by atoms with Crippen molar-refractivity contribution in [2.75, 3.05) is 13.1 Å². The lowest BCUT2D eigenvalue weighted by atomic mass is 9.99. The van der Waals surface area contributed by atoms with Crippen LogP contribution in [0.2, 0.25) is 0 Å². The average Bonchev–Trinajstić information content (AvgIpc) is 2.15. The SMILES string of the molecule is CC(N)CCC(=O)N1CCC(C)CC1. The van der Waals surface area contributed by atoms with E-state index in [1.54, 1.807) is 0 Å². The van der Waals surface area contributed by atoms with Crippen LogP contribution in [-0.2, 0) is 4.79 Å². The van der Waals surface area contributed by atoms with E-state index in [9.17, 15) is 4.79 Å². The smallest absolute Gasteiger partial charge is 0.222 e. The minimum Gasteiger partial charge on any atom is -0.343 e. The molecule has 1 unspecified atom stereocenters. The number of piperidine rings is 1. The van der Waals surface area contributed by atoms with E-state index in [4.69, 9.17) is 5.73 Å². The fraction of sp³-hybridized carbons (Fsp3) is 0.909. The van der Waals surface area contributed by atoms with E-state index in [1.807, 2.05) is 11.8 Å². The van der Waals surface area contributed by atoms with Crippen molar-refractivity contribution in [2.45, 2.75) is 45.6 Å². The van der Waals surface area contributed by atoms with Gasteiger partial charge in [-0.3, -0.25) is 4.79 Å². The molecule has 0 radical (unpaired) electrons. The molecule has 14 heavy (non-hydrogen) atoms. The Balaban J connectivity index is 2.24. The van der Waals surface area contributed by atoms with Gasteiger partial charge in [0.2, 0.25) is 5.91 Å². The summed E-state index contributed by atoms with van der Waals surface area (Å²) < 4.78 is 0. The highest BCUT2D eigenvalue weighted by Gasteiger charge is 2.19. The Bertz CT molecular complexity index is 184. The normalized spacial score (nSPS) is 20.9. The van der Waals surface area contributed by atoms with Crippen LogP contribution in [0.15, 0.2) is 0 Å². The Hall–Kier alpha value is -0.570. The maximum Gasteiger partial charge on any atom is 0.222 e. The Morgan fingerprint density at radius 1 is 1.50 bits per heavy atom. The van der Waals surface area contributed by atoms with E-state index < -0.39 is 0 Å². The van der Waals surface area contributed by atoms with Crippen LogP contribution in [0.1, 0.15) is 39.5 Å². The van der Waals surface area contributed by atoms with E-state index >= 15 is 0 Å². The molecule has 1 aliphatic rings. The van der Waals surface area contributed by atoms with Crippen LogP contribution in [0.25, 0.3) is 0 Å². The van der Waals surface area contributed by atoms with Gasteiger partial charge in [0.15, 0.2) is 0 Å². The predicted molar refractivity (Wildman–Crippen MR) is 57.9 cm³/mol. The zero-order valence-electron chi connectivity index (χ0n) is 9.33. The molecule has 1 atom stereocenters. The number of nitrogens with zero attached hydrogens (tertiary/aromatic N) is 1. The molecule has 1 rings (SSSR count). The molecular formula is C11H22N2O. The highest BCUT2D eigenvalue weighted by Crippen LogP contribution is 2.16. The molecule has 0 saturated carbocycles. The zero-order valence-corrected chi connectivity index (χ0v) is 9.33. The average molecular weight is 198 g/mol. The molecule has 0 aliphatic carbocycles. The number of hydrogen-bond donors (Lipinski definition) is 1. The number of carbonyl (C=O) groups excluding carboxylic acids is 1. The lowest BCUT2D eigenvalue weighted by Gasteiger charge is -2.30. The van der Waals surface area contributed by atoms with Gasteiger partial charge in [0.25, 0.3) is 0 Å². The van der Waals surface area contributed by atoms with E-state index in [0.29, 0.717) is 6.42 Å². The van der Waals surface area contributed by atoms with Gasteiger partial charge in [-0.05, 0) is 32.1 Å². The quantitative estimate of drug-likeness (QED) is 0.744. The summed E-state index contributed by atoms with van der Waals surface area (Å²) in [6.07, 6.45) is 3.74. The second-order valence-electron chi connectivity index (χ2n) is 4.58. The molecule has 3 heteroatoms. The number of nitrogens with two attached hydrogens (primary N) is 1. The van der Waals surface area contributed by atoms with Crippen molar-refractivity contribution in [3.8, 4) is 0 Å². The molecule has 82 valence electrons. The fourth-order valence-electron chi connectivity index (χ4n) is 1.77. The molecule has 1 amide bonds. The molecule has 0 aromatic heterocycles. The molecule has 0 aromatic rings. The van der Waals surface area contributed by atoms with Gasteiger partial charge < -0.3 is 10.6 Å². The lowest BCUT2D eigenvalue weighted by Crippen LogP contribution is -2.38. The van der Waals surface area contributed by atoms with E-state index in [-0.39, 0.29) is 11.9 Å². The van der Waals surface area contributed by atoms with E-state index in [0.717, 1.165) is 38.3 Å². The lowest BCUT2D eigenvalue weighted by molar-refractivity contribution is -0.132. The summed E-state index contributed by atoms with van der Waals surface area (Å²) in [5.74, 6) is 1.07. The monoisotopic (exact) mass is 198 g/mol. The van der Waals surface area contributed by atoms with Crippen LogP contribution < -0.4 is 5.73 Å². The predicted octanol–water partition coefficient (Wildman–Crippen LogP) is 1.37. The highest BCUT2D eigenvalue weighted by atomic mass is 16.2. The molecule has 3 nitrogen and oxygen atoms in total. The first-order chi connectivity index (χ1) is 6.59. The summed E-state index contributed by atoms with van der Waals surface area (Å²) in [6, 6.07) is 0.141. The summed E-state index contributed by atoms with van der Waals surface area (Å²) >= 11 is 0. The number of amides is 1. The van der Waals surface area contributed by atoms with Gasteiger partial charge in [-0.15, -0.1) is 0 Å². The van der Waals surface area contributed by atoms with Crippen LogP contribution >= 0.6 is 0 Å². The van der Waals surface area contributed by atoms with Gasteiger partial charge in [0.05, 0.1) is 0 Å². The fourth-order valence-corrected chi connectivity index (χ4v) is 1.77. The molecule has 1 fully saturated rings. The zero-order chi connectivity index (χ0) is 10.6. The third-order valence-electron chi connectivity index (χ3n) is 2.95. The Morgan fingerprint density at radius 3 is 2.57 bits per heavy atom. The molecule has 0 bridgehead atoms. The van der Waals surface area contributed by atoms with Crippen LogP contribution in [0.5, 0.6) is 0 Å². The van der Waals surface area contributed by atoms with Gasteiger partial charge >= 0.3 is 0 Å². The molecule has 1 saturated heterocycles. The standard InChI is InChI=1S/C11H22N2O/c1-9-5-7-13(8-6-9)11(14)4-3-10(2)12/h9-10H,3-8,12H2,1-2H3. The van der Waals surface area contributed by atoms with Crippen LogP contribution in [0, 0.1) is 5.92 Å². The third-order valence-corrected chi connectivity index (χ3v) is 2.95. The van der Waals surface area contributed by atoms with Gasteiger partial charge in [-0.1, -0.05) is 6.92 Å². The molecule has 1 heterocycles. The Morgan fingerprint density at radius 2 is 2.07 bits per heavy atom. The third kappa shape index (κ3) is 3.66. The topological polar surface area (TPSA) is 46.3 Å². The highest BCUT2D eigenvalue weighted by molar-refractivity contribution is 5.76. The van der Waals surface area contributed by atoms with E-state index in [2.05, 4.69) is 6.92 Å². The Labute approximate surface area is 86.6 Å². The first-order valence-corrected chi connectivity index (χ1v) is 5.63. The number of carbonyl (C=O) groups is 1. The first kappa shape index (κ1) is 11.5. The van der Waals surface area contributed by atoms with E-state index in [1.165, 1.54) is 0 Å². The largest absolute Gasteiger partial charge is 0.343 e. The summed E-state index contributed by atoms with van der Waals surface area (Å²) in [6.45, 7) is 6.09.